The first-order valence-corrected chi connectivity index (χ1v) is 10.5. The smallest absolute Gasteiger partial charge is 0.410 e. The standard InChI is InChI=1S/C22H37NO4/c1-22(2,3)27-21(24)23(4)19-14-12-18(13-15-19)10-6-5-8-16-25-20-11-7-9-17-26-20/h18-20H,5,7-9,11-17H2,1-4H3. The molecule has 5 nitrogen and oxygen atoms in total. The number of ether oxygens (including phenoxy) is 3. The zero-order chi connectivity index (χ0) is 19.7. The second kappa shape index (κ2) is 10.9. The molecular formula is C22H37NO4. The Balaban J connectivity index is 1.59. The fourth-order valence-electron chi connectivity index (χ4n) is 3.52. The van der Waals surface area contributed by atoms with Crippen LogP contribution in [-0.4, -0.2) is 49.2 Å². The predicted molar refractivity (Wildman–Crippen MR) is 106 cm³/mol. The number of rotatable bonds is 5. The second-order valence-corrected chi connectivity index (χ2v) is 8.69. The fraction of sp³-hybridized carbons (Fsp3) is 0.864. The highest BCUT2D eigenvalue weighted by molar-refractivity contribution is 5.68. The summed E-state index contributed by atoms with van der Waals surface area (Å²) in [6.07, 6.45) is 9.10. The maximum Gasteiger partial charge on any atom is 0.410 e. The summed E-state index contributed by atoms with van der Waals surface area (Å²) in [5.41, 5.74) is -0.444. The Hall–Kier alpha value is -1.25. The summed E-state index contributed by atoms with van der Waals surface area (Å²) in [6, 6.07) is 0.266. The van der Waals surface area contributed by atoms with Gasteiger partial charge in [-0.2, -0.15) is 0 Å². The summed E-state index contributed by atoms with van der Waals surface area (Å²) < 4.78 is 16.8. The summed E-state index contributed by atoms with van der Waals surface area (Å²) in [5.74, 6) is 7.18. The van der Waals surface area contributed by atoms with E-state index in [0.29, 0.717) is 5.92 Å². The summed E-state index contributed by atoms with van der Waals surface area (Å²) in [5, 5.41) is 0. The number of amides is 1. The van der Waals surface area contributed by atoms with E-state index < -0.39 is 5.60 Å². The molecule has 1 aliphatic carbocycles. The van der Waals surface area contributed by atoms with Gasteiger partial charge < -0.3 is 19.1 Å². The van der Waals surface area contributed by atoms with Crippen molar-refractivity contribution >= 4 is 6.09 Å². The number of carbonyl (C=O) groups excluding carboxylic acids is 1. The first-order valence-electron chi connectivity index (χ1n) is 10.5. The minimum Gasteiger partial charge on any atom is -0.444 e. The van der Waals surface area contributed by atoms with Crippen molar-refractivity contribution in [2.75, 3.05) is 20.3 Å². The van der Waals surface area contributed by atoms with Gasteiger partial charge in [-0.15, -0.1) is 5.92 Å². The molecule has 0 radical (unpaired) electrons. The predicted octanol–water partition coefficient (Wildman–Crippen LogP) is 4.74. The van der Waals surface area contributed by atoms with Gasteiger partial charge in [0.1, 0.15) is 5.60 Å². The van der Waals surface area contributed by atoms with Crippen LogP contribution in [0.2, 0.25) is 0 Å². The van der Waals surface area contributed by atoms with Gasteiger partial charge in [-0.05, 0) is 72.1 Å². The van der Waals surface area contributed by atoms with E-state index in [1.165, 1.54) is 6.42 Å². The van der Waals surface area contributed by atoms with Gasteiger partial charge >= 0.3 is 6.09 Å². The van der Waals surface area contributed by atoms with Crippen LogP contribution in [0.3, 0.4) is 0 Å². The van der Waals surface area contributed by atoms with E-state index >= 15 is 0 Å². The van der Waals surface area contributed by atoms with E-state index in [2.05, 4.69) is 11.8 Å². The molecule has 2 fully saturated rings. The Morgan fingerprint density at radius 2 is 1.89 bits per heavy atom. The van der Waals surface area contributed by atoms with E-state index in [0.717, 1.165) is 64.6 Å². The normalized spacial score (nSPS) is 26.0. The molecule has 0 bridgehead atoms. The first-order chi connectivity index (χ1) is 12.8. The molecule has 0 aromatic carbocycles. The third kappa shape index (κ3) is 8.53. The zero-order valence-electron chi connectivity index (χ0n) is 17.6. The molecule has 0 aromatic heterocycles. The third-order valence-electron chi connectivity index (χ3n) is 5.12. The number of unbranched alkanes of at least 4 members (excludes halogenated alkanes) is 1. The van der Waals surface area contributed by atoms with E-state index in [4.69, 9.17) is 14.2 Å². The van der Waals surface area contributed by atoms with E-state index in [1.807, 2.05) is 27.8 Å². The largest absolute Gasteiger partial charge is 0.444 e. The average Bonchev–Trinajstić information content (AvgIpc) is 2.64. The maximum absolute atomic E-state index is 12.2. The lowest BCUT2D eigenvalue weighted by atomic mass is 9.86. The van der Waals surface area contributed by atoms with Gasteiger partial charge in [-0.3, -0.25) is 0 Å². The first kappa shape index (κ1) is 22.0. The Morgan fingerprint density at radius 3 is 2.52 bits per heavy atom. The van der Waals surface area contributed by atoms with Crippen molar-refractivity contribution < 1.29 is 19.0 Å². The molecule has 154 valence electrons. The average molecular weight is 380 g/mol. The number of nitrogens with zero attached hydrogens (tertiary/aromatic N) is 1. The summed E-state index contributed by atoms with van der Waals surface area (Å²) >= 11 is 0. The van der Waals surface area contributed by atoms with Crippen LogP contribution >= 0.6 is 0 Å². The van der Waals surface area contributed by atoms with E-state index in [1.54, 1.807) is 4.90 Å². The summed E-state index contributed by atoms with van der Waals surface area (Å²) in [7, 11) is 1.85. The van der Waals surface area contributed by atoms with Crippen molar-refractivity contribution in [1.82, 2.24) is 4.90 Å². The number of hydrogen-bond acceptors (Lipinski definition) is 4. The molecule has 1 unspecified atom stereocenters. The monoisotopic (exact) mass is 379 g/mol. The van der Waals surface area contributed by atoms with Crippen LogP contribution < -0.4 is 0 Å². The lowest BCUT2D eigenvalue weighted by molar-refractivity contribution is -0.162. The van der Waals surface area contributed by atoms with Crippen molar-refractivity contribution in [2.45, 2.75) is 96.5 Å². The molecule has 1 atom stereocenters. The number of carbonyl (C=O) groups is 1. The molecule has 0 aromatic rings. The molecule has 0 N–H and O–H groups in total. The molecule has 27 heavy (non-hydrogen) atoms. The quantitative estimate of drug-likeness (QED) is 0.511. The topological polar surface area (TPSA) is 48.0 Å². The van der Waals surface area contributed by atoms with Crippen molar-refractivity contribution in [3.63, 3.8) is 0 Å². The molecule has 1 saturated heterocycles. The van der Waals surface area contributed by atoms with Crippen LogP contribution in [0, 0.1) is 17.8 Å². The van der Waals surface area contributed by atoms with Gasteiger partial charge in [-0.25, -0.2) is 4.79 Å². The highest BCUT2D eigenvalue weighted by atomic mass is 16.7. The van der Waals surface area contributed by atoms with E-state index in [-0.39, 0.29) is 18.4 Å². The molecule has 1 amide bonds. The molecule has 1 heterocycles. The Bertz CT molecular complexity index is 503. The van der Waals surface area contributed by atoms with Crippen LogP contribution in [-0.2, 0) is 14.2 Å². The van der Waals surface area contributed by atoms with Crippen molar-refractivity contribution in [1.29, 1.82) is 0 Å². The summed E-state index contributed by atoms with van der Waals surface area (Å²) in [4.78, 5) is 13.9. The second-order valence-electron chi connectivity index (χ2n) is 8.69. The highest BCUT2D eigenvalue weighted by Gasteiger charge is 2.28. The van der Waals surface area contributed by atoms with Crippen molar-refractivity contribution in [2.24, 2.45) is 5.92 Å². The molecular weight excluding hydrogens is 342 g/mol. The van der Waals surface area contributed by atoms with Crippen LogP contribution in [0.15, 0.2) is 0 Å². The zero-order valence-corrected chi connectivity index (χ0v) is 17.6. The Kier molecular flexibility index (Phi) is 8.92. The van der Waals surface area contributed by atoms with Crippen LogP contribution in [0.4, 0.5) is 4.79 Å². The molecule has 0 spiro atoms. The van der Waals surface area contributed by atoms with Gasteiger partial charge in [0, 0.05) is 32.0 Å². The molecule has 1 saturated carbocycles. The van der Waals surface area contributed by atoms with Gasteiger partial charge in [0.2, 0.25) is 0 Å². The fourth-order valence-corrected chi connectivity index (χ4v) is 3.52. The Labute approximate surface area is 165 Å². The molecule has 2 aliphatic rings. The van der Waals surface area contributed by atoms with Crippen LogP contribution in [0.1, 0.15) is 78.6 Å². The molecule has 5 heteroatoms. The van der Waals surface area contributed by atoms with Gasteiger partial charge in [0.25, 0.3) is 0 Å². The van der Waals surface area contributed by atoms with E-state index in [9.17, 15) is 4.79 Å². The van der Waals surface area contributed by atoms with Crippen molar-refractivity contribution in [3.8, 4) is 11.8 Å². The minimum atomic E-state index is -0.444. The third-order valence-corrected chi connectivity index (χ3v) is 5.12. The van der Waals surface area contributed by atoms with Crippen LogP contribution in [0.25, 0.3) is 0 Å². The SMILES string of the molecule is CN(C(=O)OC(C)(C)C)C1CCC(C#CCCCOC2CCCCO2)CC1. The lowest BCUT2D eigenvalue weighted by Crippen LogP contribution is -2.42. The molecule has 2 rings (SSSR count). The van der Waals surface area contributed by atoms with Crippen molar-refractivity contribution in [3.05, 3.63) is 0 Å². The summed E-state index contributed by atoms with van der Waals surface area (Å²) in [6.45, 7) is 7.26. The lowest BCUT2D eigenvalue weighted by Gasteiger charge is -2.34. The maximum atomic E-state index is 12.2. The van der Waals surface area contributed by atoms with Crippen LogP contribution in [0.5, 0.6) is 0 Å². The van der Waals surface area contributed by atoms with Gasteiger partial charge in [0.15, 0.2) is 6.29 Å². The van der Waals surface area contributed by atoms with Gasteiger partial charge in [-0.1, -0.05) is 5.92 Å². The molecule has 1 aliphatic heterocycles. The highest BCUT2D eigenvalue weighted by Crippen LogP contribution is 2.27. The number of hydrogen-bond donors (Lipinski definition) is 0. The van der Waals surface area contributed by atoms with Gasteiger partial charge in [0.05, 0.1) is 6.61 Å². The Morgan fingerprint density at radius 1 is 1.15 bits per heavy atom. The minimum absolute atomic E-state index is 0.00366.